The number of pyridine rings is 1. The monoisotopic (exact) mass is 375 g/mol. The fourth-order valence-electron chi connectivity index (χ4n) is 3.24. The Morgan fingerprint density at radius 2 is 1.59 bits per heavy atom. The smallest absolute Gasteiger partial charge is 0.139 e. The lowest BCUT2D eigenvalue weighted by Crippen LogP contribution is -1.91. The molecule has 4 aromatic rings. The Labute approximate surface area is 162 Å². The number of halogens is 1. The van der Waals surface area contributed by atoms with Crippen molar-refractivity contribution in [3.05, 3.63) is 77.1 Å². The number of aromatic amines is 1. The first kappa shape index (κ1) is 17.3. The number of benzene rings is 2. The maximum atomic E-state index is 10.2. The van der Waals surface area contributed by atoms with Gasteiger partial charge in [0.05, 0.1) is 11.4 Å². The van der Waals surface area contributed by atoms with Crippen molar-refractivity contribution in [2.75, 3.05) is 0 Å². The SMILES string of the molecule is Cc1ccc(O)c(C)c1-c1nc(-c2ccncc2)c(-c2ccc(Cl)cc2)[nH]1. The number of imidazole rings is 1. The molecule has 0 saturated heterocycles. The summed E-state index contributed by atoms with van der Waals surface area (Å²) >= 11 is 6.05. The quantitative estimate of drug-likeness (QED) is 0.477. The maximum Gasteiger partial charge on any atom is 0.139 e. The average Bonchev–Trinajstić information content (AvgIpc) is 3.11. The lowest BCUT2D eigenvalue weighted by Gasteiger charge is -2.08. The van der Waals surface area contributed by atoms with Crippen LogP contribution >= 0.6 is 11.6 Å². The van der Waals surface area contributed by atoms with Crippen LogP contribution in [-0.4, -0.2) is 20.1 Å². The Hall–Kier alpha value is -3.11. The van der Waals surface area contributed by atoms with Gasteiger partial charge in [0, 0.05) is 39.7 Å². The van der Waals surface area contributed by atoms with Gasteiger partial charge in [0.25, 0.3) is 0 Å². The molecule has 5 heteroatoms. The van der Waals surface area contributed by atoms with Crippen LogP contribution in [-0.2, 0) is 0 Å². The summed E-state index contributed by atoms with van der Waals surface area (Å²) in [6, 6.07) is 15.1. The summed E-state index contributed by atoms with van der Waals surface area (Å²) in [5.41, 5.74) is 6.43. The van der Waals surface area contributed by atoms with Gasteiger partial charge in [-0.3, -0.25) is 4.98 Å². The van der Waals surface area contributed by atoms with Crippen LogP contribution in [0.1, 0.15) is 11.1 Å². The molecule has 4 nitrogen and oxygen atoms in total. The summed E-state index contributed by atoms with van der Waals surface area (Å²) in [4.78, 5) is 12.4. The van der Waals surface area contributed by atoms with Crippen LogP contribution < -0.4 is 0 Å². The highest BCUT2D eigenvalue weighted by Crippen LogP contribution is 2.37. The molecule has 4 rings (SSSR count). The van der Waals surface area contributed by atoms with Gasteiger partial charge in [-0.15, -0.1) is 0 Å². The molecule has 0 aliphatic heterocycles. The van der Waals surface area contributed by atoms with Crippen LogP contribution in [0.15, 0.2) is 60.9 Å². The van der Waals surface area contributed by atoms with E-state index in [1.165, 1.54) is 0 Å². The topological polar surface area (TPSA) is 61.8 Å². The zero-order valence-corrected chi connectivity index (χ0v) is 15.7. The van der Waals surface area contributed by atoms with Gasteiger partial charge < -0.3 is 10.1 Å². The minimum atomic E-state index is 0.255. The third-order valence-corrected chi connectivity index (χ3v) is 4.92. The molecule has 0 aliphatic carbocycles. The van der Waals surface area contributed by atoms with Gasteiger partial charge in [-0.25, -0.2) is 4.98 Å². The number of hydrogen-bond donors (Lipinski definition) is 2. The first-order chi connectivity index (χ1) is 13.0. The summed E-state index contributed by atoms with van der Waals surface area (Å²) in [6.45, 7) is 3.91. The van der Waals surface area contributed by atoms with E-state index in [0.29, 0.717) is 5.02 Å². The molecule has 0 radical (unpaired) electrons. The van der Waals surface area contributed by atoms with E-state index in [1.807, 2.05) is 56.3 Å². The van der Waals surface area contributed by atoms with Crippen molar-refractivity contribution in [3.8, 4) is 39.7 Å². The Morgan fingerprint density at radius 1 is 0.889 bits per heavy atom. The normalized spacial score (nSPS) is 10.9. The Bertz CT molecular complexity index is 1100. The van der Waals surface area contributed by atoms with E-state index in [0.717, 1.165) is 45.0 Å². The van der Waals surface area contributed by atoms with Crippen molar-refractivity contribution < 1.29 is 5.11 Å². The molecule has 27 heavy (non-hydrogen) atoms. The van der Waals surface area contributed by atoms with Crippen molar-refractivity contribution in [2.45, 2.75) is 13.8 Å². The Balaban J connectivity index is 1.96. The lowest BCUT2D eigenvalue weighted by atomic mass is 10.0. The number of nitrogens with one attached hydrogen (secondary N) is 1. The molecule has 0 aliphatic rings. The van der Waals surface area contributed by atoms with Gasteiger partial charge in [0.15, 0.2) is 0 Å². The highest BCUT2D eigenvalue weighted by Gasteiger charge is 2.18. The molecule has 2 N–H and O–H groups in total. The van der Waals surface area contributed by atoms with E-state index >= 15 is 0 Å². The highest BCUT2D eigenvalue weighted by atomic mass is 35.5. The fraction of sp³-hybridized carbons (Fsp3) is 0.0909. The van der Waals surface area contributed by atoms with Crippen molar-refractivity contribution in [1.82, 2.24) is 15.0 Å². The van der Waals surface area contributed by atoms with Crippen molar-refractivity contribution in [3.63, 3.8) is 0 Å². The number of aromatic hydroxyl groups is 1. The zero-order chi connectivity index (χ0) is 19.0. The molecular formula is C22H18ClN3O. The fourth-order valence-corrected chi connectivity index (χ4v) is 3.36. The second kappa shape index (κ2) is 6.89. The number of rotatable bonds is 3. The number of nitrogens with zero attached hydrogens (tertiary/aromatic N) is 2. The van der Waals surface area contributed by atoms with E-state index in [1.54, 1.807) is 18.5 Å². The van der Waals surface area contributed by atoms with Crippen LogP contribution in [0.25, 0.3) is 33.9 Å². The molecule has 134 valence electrons. The van der Waals surface area contributed by atoms with Crippen LogP contribution in [0.2, 0.25) is 5.02 Å². The van der Waals surface area contributed by atoms with Gasteiger partial charge >= 0.3 is 0 Å². The van der Waals surface area contributed by atoms with Gasteiger partial charge in [0.1, 0.15) is 11.6 Å². The van der Waals surface area contributed by atoms with E-state index in [2.05, 4.69) is 9.97 Å². The highest BCUT2D eigenvalue weighted by molar-refractivity contribution is 6.30. The molecule has 0 saturated carbocycles. The van der Waals surface area contributed by atoms with Crippen LogP contribution in [0, 0.1) is 13.8 Å². The minimum absolute atomic E-state index is 0.255. The lowest BCUT2D eigenvalue weighted by molar-refractivity contribution is 0.471. The molecule has 2 aromatic carbocycles. The van der Waals surface area contributed by atoms with Gasteiger partial charge in [-0.2, -0.15) is 0 Å². The molecule has 0 unspecified atom stereocenters. The summed E-state index contributed by atoms with van der Waals surface area (Å²) < 4.78 is 0. The average molecular weight is 376 g/mol. The molecule has 2 aromatic heterocycles. The van der Waals surface area contributed by atoms with Crippen molar-refractivity contribution >= 4 is 11.6 Å². The van der Waals surface area contributed by atoms with Crippen LogP contribution in [0.5, 0.6) is 5.75 Å². The Morgan fingerprint density at radius 3 is 2.30 bits per heavy atom. The van der Waals surface area contributed by atoms with E-state index in [-0.39, 0.29) is 5.75 Å². The number of hydrogen-bond acceptors (Lipinski definition) is 3. The number of aromatic nitrogens is 3. The number of phenolic OH excluding ortho intramolecular Hbond substituents is 1. The molecule has 0 fully saturated rings. The Kier molecular flexibility index (Phi) is 4.42. The maximum absolute atomic E-state index is 10.2. The van der Waals surface area contributed by atoms with E-state index < -0.39 is 0 Å². The minimum Gasteiger partial charge on any atom is -0.508 e. The molecule has 2 heterocycles. The van der Waals surface area contributed by atoms with E-state index in [9.17, 15) is 5.11 Å². The summed E-state index contributed by atoms with van der Waals surface area (Å²) in [5, 5.41) is 10.8. The molecule has 0 bridgehead atoms. The third-order valence-electron chi connectivity index (χ3n) is 4.67. The zero-order valence-electron chi connectivity index (χ0n) is 15.0. The van der Waals surface area contributed by atoms with Gasteiger partial charge in [-0.05, 0) is 49.7 Å². The van der Waals surface area contributed by atoms with Gasteiger partial charge in [-0.1, -0.05) is 29.8 Å². The summed E-state index contributed by atoms with van der Waals surface area (Å²) in [6.07, 6.45) is 3.50. The molecular weight excluding hydrogens is 358 g/mol. The number of phenols is 1. The molecule has 0 amide bonds. The second-order valence-corrected chi connectivity index (χ2v) is 6.89. The van der Waals surface area contributed by atoms with Crippen LogP contribution in [0.3, 0.4) is 0 Å². The van der Waals surface area contributed by atoms with Crippen molar-refractivity contribution in [1.29, 1.82) is 0 Å². The first-order valence-electron chi connectivity index (χ1n) is 8.60. The second-order valence-electron chi connectivity index (χ2n) is 6.45. The standard InChI is InChI=1S/C22H18ClN3O/c1-13-3-8-18(27)14(2)19(13)22-25-20(15-4-6-17(23)7-5-15)21(26-22)16-9-11-24-12-10-16/h3-12,27H,1-2H3,(H,25,26). The van der Waals surface area contributed by atoms with Crippen LogP contribution in [0.4, 0.5) is 0 Å². The predicted molar refractivity (Wildman–Crippen MR) is 109 cm³/mol. The van der Waals surface area contributed by atoms with Crippen molar-refractivity contribution in [2.24, 2.45) is 0 Å². The van der Waals surface area contributed by atoms with Gasteiger partial charge in [0.2, 0.25) is 0 Å². The first-order valence-corrected chi connectivity index (χ1v) is 8.98. The predicted octanol–water partition coefficient (Wildman–Crippen LogP) is 5.78. The largest absolute Gasteiger partial charge is 0.508 e. The molecule has 0 atom stereocenters. The third kappa shape index (κ3) is 3.20. The summed E-state index contributed by atoms with van der Waals surface area (Å²) in [7, 11) is 0. The number of H-pyrrole nitrogens is 1. The summed E-state index contributed by atoms with van der Waals surface area (Å²) in [5.74, 6) is 0.975. The number of aryl methyl sites for hydroxylation is 1. The molecule has 0 spiro atoms. The van der Waals surface area contributed by atoms with E-state index in [4.69, 9.17) is 16.6 Å².